The maximum atomic E-state index is 4.41. The van der Waals surface area contributed by atoms with Crippen molar-refractivity contribution in [3.63, 3.8) is 0 Å². The molecule has 0 aliphatic heterocycles. The van der Waals surface area contributed by atoms with Crippen molar-refractivity contribution >= 4 is 13.3 Å². The topological polar surface area (TPSA) is 38.7 Å². The summed E-state index contributed by atoms with van der Waals surface area (Å²) in [6.07, 6.45) is 5.48. The van der Waals surface area contributed by atoms with Crippen LogP contribution in [0.5, 0.6) is 0 Å². The van der Waals surface area contributed by atoms with E-state index in [1.54, 1.807) is 12.4 Å². The van der Waals surface area contributed by atoms with Crippen molar-refractivity contribution in [3.05, 3.63) is 158 Å². The molecule has 41 heavy (non-hydrogen) atoms. The van der Waals surface area contributed by atoms with Crippen LogP contribution in [0.15, 0.2) is 140 Å². The van der Waals surface area contributed by atoms with Crippen LogP contribution in [0.1, 0.15) is 0 Å². The molecular formula is C36H32IrN3Si. The Labute approximate surface area is 258 Å². The largest absolute Gasteiger partial charge is 3.00 e. The fourth-order valence-corrected chi connectivity index (χ4v) is 4.89. The van der Waals surface area contributed by atoms with E-state index in [1.165, 1.54) is 5.19 Å². The summed E-state index contributed by atoms with van der Waals surface area (Å²) in [5.41, 5.74) is 6.12. The van der Waals surface area contributed by atoms with Crippen molar-refractivity contribution < 1.29 is 20.1 Å². The third-order valence-corrected chi connectivity index (χ3v) is 7.95. The van der Waals surface area contributed by atoms with Crippen molar-refractivity contribution in [3.8, 4) is 33.8 Å². The first-order chi connectivity index (χ1) is 19.5. The first-order valence-electron chi connectivity index (χ1n) is 13.2. The number of aromatic nitrogens is 3. The number of hydrogen-bond acceptors (Lipinski definition) is 3. The summed E-state index contributed by atoms with van der Waals surface area (Å²) in [7, 11) is -1.25. The number of rotatable bonds is 4. The minimum atomic E-state index is -1.25. The van der Waals surface area contributed by atoms with Gasteiger partial charge in [-0.2, -0.15) is 0 Å². The van der Waals surface area contributed by atoms with Crippen LogP contribution in [-0.2, 0) is 20.1 Å². The molecule has 0 bridgehead atoms. The van der Waals surface area contributed by atoms with E-state index in [2.05, 4.69) is 71.0 Å². The molecule has 3 nitrogen and oxygen atoms in total. The Morgan fingerprint density at radius 1 is 0.463 bits per heavy atom. The predicted octanol–water partition coefficient (Wildman–Crippen LogP) is 8.19. The molecule has 0 radical (unpaired) electrons. The summed E-state index contributed by atoms with van der Waals surface area (Å²) in [5, 5.41) is 1.44. The van der Waals surface area contributed by atoms with Gasteiger partial charge in [-0.05, 0) is 35.3 Å². The predicted molar refractivity (Wildman–Crippen MR) is 169 cm³/mol. The Hall–Kier alpha value is -4.02. The van der Waals surface area contributed by atoms with Gasteiger partial charge in [-0.15, -0.1) is 108 Å². The van der Waals surface area contributed by atoms with Gasteiger partial charge >= 0.3 is 20.1 Å². The van der Waals surface area contributed by atoms with Gasteiger partial charge in [0.15, 0.2) is 0 Å². The Morgan fingerprint density at radius 2 is 0.878 bits per heavy atom. The van der Waals surface area contributed by atoms with E-state index in [-0.39, 0.29) is 20.1 Å². The van der Waals surface area contributed by atoms with Crippen molar-refractivity contribution in [2.24, 2.45) is 0 Å². The van der Waals surface area contributed by atoms with Gasteiger partial charge in [0.2, 0.25) is 0 Å². The molecule has 5 heteroatoms. The zero-order valence-electron chi connectivity index (χ0n) is 23.5. The quantitative estimate of drug-likeness (QED) is 0.136. The molecule has 0 saturated carbocycles. The Bertz CT molecular complexity index is 1390. The Kier molecular flexibility index (Phi) is 12.5. The average Bonchev–Trinajstić information content (AvgIpc) is 3.03. The zero-order chi connectivity index (χ0) is 28.0. The van der Waals surface area contributed by atoms with Crippen LogP contribution in [0.25, 0.3) is 33.8 Å². The normalized spacial score (nSPS) is 10.1. The van der Waals surface area contributed by atoms with E-state index in [0.29, 0.717) is 0 Å². The third-order valence-electron chi connectivity index (χ3n) is 5.91. The number of hydrogen-bond donors (Lipinski definition) is 0. The molecule has 6 rings (SSSR count). The van der Waals surface area contributed by atoms with Gasteiger partial charge in [0, 0.05) is 18.6 Å². The van der Waals surface area contributed by atoms with Crippen molar-refractivity contribution in [1.29, 1.82) is 0 Å². The van der Waals surface area contributed by atoms with Crippen molar-refractivity contribution in [2.45, 2.75) is 19.6 Å². The fraction of sp³-hybridized carbons (Fsp3) is 0.0833. The van der Waals surface area contributed by atoms with E-state index in [9.17, 15) is 0 Å². The molecule has 0 aliphatic carbocycles. The summed E-state index contributed by atoms with van der Waals surface area (Å²) in [4.78, 5) is 12.8. The first kappa shape index (κ1) is 31.5. The van der Waals surface area contributed by atoms with Crippen LogP contribution in [0.4, 0.5) is 0 Å². The SMILES string of the molecule is C[Si](C)(C)c1ccnc(-c2[c-]cccc2)c1.[Ir+3].[c-]1ccccc1-c1ccccn1.[c-]1ccccc1-c1ccccn1. The molecule has 0 atom stereocenters. The zero-order valence-corrected chi connectivity index (χ0v) is 26.8. The summed E-state index contributed by atoms with van der Waals surface area (Å²) in [6.45, 7) is 7.04. The second-order valence-corrected chi connectivity index (χ2v) is 15.0. The van der Waals surface area contributed by atoms with Gasteiger partial charge in [-0.1, -0.05) is 55.2 Å². The maximum Gasteiger partial charge on any atom is 3.00 e. The van der Waals surface area contributed by atoms with Gasteiger partial charge in [-0.25, -0.2) is 0 Å². The minimum absolute atomic E-state index is 0. The average molecular weight is 727 g/mol. The molecule has 0 fully saturated rings. The number of nitrogens with zero attached hydrogens (tertiary/aromatic N) is 3. The molecule has 0 saturated heterocycles. The molecule has 6 aromatic rings. The van der Waals surface area contributed by atoms with E-state index >= 15 is 0 Å². The smallest absolute Gasteiger partial charge is 0.305 e. The molecular weight excluding hydrogens is 695 g/mol. The standard InChI is InChI=1S/C14H16NSi.2C11H8N.Ir/c1-16(2,3)13-9-10-15-14(11-13)12-7-5-4-6-8-12;2*1-2-6-10(7-3-1)11-8-4-5-9-12-11;/h4-7,9-11H,1-3H3;2*1-6,8-9H;/q3*-1;+3. The molecule has 0 unspecified atom stereocenters. The molecule has 3 aromatic heterocycles. The number of pyridine rings is 3. The van der Waals surface area contributed by atoms with Gasteiger partial charge in [-0.3, -0.25) is 0 Å². The van der Waals surface area contributed by atoms with Crippen LogP contribution < -0.4 is 5.19 Å². The molecule has 3 heterocycles. The van der Waals surface area contributed by atoms with Crippen LogP contribution in [0.3, 0.4) is 0 Å². The summed E-state index contributed by atoms with van der Waals surface area (Å²) in [5.74, 6) is 0. The van der Waals surface area contributed by atoms with Gasteiger partial charge in [0.1, 0.15) is 0 Å². The Morgan fingerprint density at radius 3 is 1.24 bits per heavy atom. The fourth-order valence-electron chi connectivity index (χ4n) is 3.75. The first-order valence-corrected chi connectivity index (χ1v) is 16.7. The molecule has 3 aromatic carbocycles. The molecule has 204 valence electrons. The van der Waals surface area contributed by atoms with E-state index in [4.69, 9.17) is 0 Å². The second-order valence-electron chi connectivity index (χ2n) is 9.94. The minimum Gasteiger partial charge on any atom is -0.305 e. The summed E-state index contributed by atoms with van der Waals surface area (Å²) < 4.78 is 0. The summed E-state index contributed by atoms with van der Waals surface area (Å²) in [6, 6.07) is 49.2. The van der Waals surface area contributed by atoms with Crippen LogP contribution in [-0.4, -0.2) is 23.0 Å². The maximum absolute atomic E-state index is 4.41. The van der Waals surface area contributed by atoms with Crippen molar-refractivity contribution in [2.75, 3.05) is 0 Å². The van der Waals surface area contributed by atoms with Crippen LogP contribution >= 0.6 is 0 Å². The molecule has 0 amide bonds. The van der Waals surface area contributed by atoms with Crippen LogP contribution in [0, 0.1) is 18.2 Å². The number of benzene rings is 3. The third kappa shape index (κ3) is 10.1. The second kappa shape index (κ2) is 16.3. The molecule has 0 aliphatic rings. The monoisotopic (exact) mass is 727 g/mol. The van der Waals surface area contributed by atoms with Crippen molar-refractivity contribution in [1.82, 2.24) is 15.0 Å². The van der Waals surface area contributed by atoms with Gasteiger partial charge in [0.05, 0.1) is 8.07 Å². The Balaban J connectivity index is 0.000000169. The van der Waals surface area contributed by atoms with Gasteiger partial charge in [0.25, 0.3) is 0 Å². The van der Waals surface area contributed by atoms with Crippen LogP contribution in [0.2, 0.25) is 19.6 Å². The summed E-state index contributed by atoms with van der Waals surface area (Å²) >= 11 is 0. The molecule has 0 spiro atoms. The van der Waals surface area contributed by atoms with E-state index < -0.39 is 8.07 Å². The van der Waals surface area contributed by atoms with Gasteiger partial charge < -0.3 is 15.0 Å². The molecule has 0 N–H and O–H groups in total. The van der Waals surface area contributed by atoms with E-state index in [1.807, 2.05) is 109 Å². The van der Waals surface area contributed by atoms with E-state index in [0.717, 1.165) is 33.8 Å².